The Labute approximate surface area is 182 Å². The number of carbonyl (C=O) groups is 1. The maximum atomic E-state index is 12.8. The average Bonchev–Trinajstić information content (AvgIpc) is 2.79. The number of amides is 1. The number of hydrogen-bond acceptors (Lipinski definition) is 4. The summed E-state index contributed by atoms with van der Waals surface area (Å²) in [6.45, 7) is 2.25. The molecule has 4 heterocycles. The third-order valence-corrected chi connectivity index (χ3v) is 7.14. The maximum absolute atomic E-state index is 12.8. The van der Waals surface area contributed by atoms with Crippen molar-refractivity contribution in [1.82, 2.24) is 9.88 Å². The van der Waals surface area contributed by atoms with Crippen molar-refractivity contribution in [3.8, 4) is 5.75 Å². The normalized spacial score (nSPS) is 24.6. The lowest BCUT2D eigenvalue weighted by Gasteiger charge is -2.53. The van der Waals surface area contributed by atoms with Crippen LogP contribution in [0.15, 0.2) is 42.7 Å². The van der Waals surface area contributed by atoms with Crippen molar-refractivity contribution >= 4 is 17.5 Å². The van der Waals surface area contributed by atoms with Crippen molar-refractivity contribution in [2.45, 2.75) is 50.2 Å². The number of likely N-dealkylation sites (tertiary alicyclic amines) is 1. The van der Waals surface area contributed by atoms with Crippen molar-refractivity contribution in [3.05, 3.63) is 58.9 Å². The van der Waals surface area contributed by atoms with Gasteiger partial charge in [-0.2, -0.15) is 0 Å². The lowest BCUT2D eigenvalue weighted by atomic mass is 9.70. The van der Waals surface area contributed by atoms with E-state index in [2.05, 4.69) is 4.98 Å². The van der Waals surface area contributed by atoms with Gasteiger partial charge in [0, 0.05) is 67.9 Å². The molecule has 30 heavy (non-hydrogen) atoms. The number of benzene rings is 1. The Balaban J connectivity index is 1.28. The quantitative estimate of drug-likeness (QED) is 0.720. The lowest BCUT2D eigenvalue weighted by molar-refractivity contribution is -0.156. The van der Waals surface area contributed by atoms with Gasteiger partial charge in [-0.3, -0.25) is 9.78 Å². The van der Waals surface area contributed by atoms with Gasteiger partial charge in [0.25, 0.3) is 0 Å². The third kappa shape index (κ3) is 3.69. The van der Waals surface area contributed by atoms with Crippen LogP contribution in [0.25, 0.3) is 0 Å². The van der Waals surface area contributed by atoms with E-state index in [1.165, 1.54) is 0 Å². The third-order valence-electron chi connectivity index (χ3n) is 6.90. The highest BCUT2D eigenvalue weighted by molar-refractivity contribution is 6.30. The summed E-state index contributed by atoms with van der Waals surface area (Å²) in [5.41, 5.74) is 1.92. The minimum atomic E-state index is -0.258. The highest BCUT2D eigenvalue weighted by atomic mass is 35.5. The molecule has 0 N–H and O–H groups in total. The Kier molecular flexibility index (Phi) is 5.42. The van der Waals surface area contributed by atoms with E-state index in [9.17, 15) is 4.79 Å². The number of hydrogen-bond donors (Lipinski definition) is 0. The lowest BCUT2D eigenvalue weighted by Crippen LogP contribution is -2.57. The molecule has 1 aromatic carbocycles. The second-order valence-electron chi connectivity index (χ2n) is 8.63. The van der Waals surface area contributed by atoms with Gasteiger partial charge >= 0.3 is 0 Å². The van der Waals surface area contributed by atoms with Crippen LogP contribution in [0.5, 0.6) is 5.75 Å². The fraction of sp³-hybridized carbons (Fsp3) is 0.500. The van der Waals surface area contributed by atoms with E-state index in [1.807, 2.05) is 41.4 Å². The van der Waals surface area contributed by atoms with E-state index in [0.29, 0.717) is 12.3 Å². The molecular weight excluding hydrogens is 400 g/mol. The summed E-state index contributed by atoms with van der Waals surface area (Å²) >= 11 is 6.25. The summed E-state index contributed by atoms with van der Waals surface area (Å²) in [4.78, 5) is 18.9. The second-order valence-corrected chi connectivity index (χ2v) is 9.07. The fourth-order valence-corrected chi connectivity index (χ4v) is 5.50. The number of fused-ring (bicyclic) bond motifs is 4. The molecule has 1 spiro atoms. The molecule has 3 aliphatic heterocycles. The number of piperidine rings is 1. The van der Waals surface area contributed by atoms with E-state index >= 15 is 0 Å². The summed E-state index contributed by atoms with van der Waals surface area (Å²) in [6.07, 6.45) is 8.72. The first kappa shape index (κ1) is 19.8. The van der Waals surface area contributed by atoms with Gasteiger partial charge in [-0.05, 0) is 49.1 Å². The van der Waals surface area contributed by atoms with Crippen LogP contribution in [-0.4, -0.2) is 41.1 Å². The Morgan fingerprint density at radius 3 is 2.93 bits per heavy atom. The summed E-state index contributed by atoms with van der Waals surface area (Å²) in [5, 5.41) is 0.718. The maximum Gasteiger partial charge on any atom is 0.222 e. The predicted octanol–water partition coefficient (Wildman–Crippen LogP) is 4.59. The highest BCUT2D eigenvalue weighted by Gasteiger charge is 2.52. The standard InChI is InChI=1S/C24H27ClN2O3/c25-18-6-7-21-19(15-18)23-20(4-2-14-29-23)24(30-21)9-12-27(13-10-24)22(28)8-5-17-3-1-11-26-16-17/h1,3,6-7,11,15-16,20,23H,2,4-5,8-10,12-14H2/t20-,23+/m0/s1. The Bertz CT molecular complexity index is 912. The van der Waals surface area contributed by atoms with E-state index in [0.717, 1.165) is 73.7 Å². The van der Waals surface area contributed by atoms with Crippen LogP contribution in [-0.2, 0) is 16.0 Å². The smallest absolute Gasteiger partial charge is 0.222 e. The van der Waals surface area contributed by atoms with Crippen LogP contribution in [0, 0.1) is 5.92 Å². The molecule has 2 fully saturated rings. The summed E-state index contributed by atoms with van der Waals surface area (Å²) in [5.74, 6) is 1.41. The fourth-order valence-electron chi connectivity index (χ4n) is 5.32. The Morgan fingerprint density at radius 1 is 1.27 bits per heavy atom. The monoisotopic (exact) mass is 426 g/mol. The molecule has 0 saturated carbocycles. The van der Waals surface area contributed by atoms with E-state index in [-0.39, 0.29) is 17.6 Å². The molecule has 2 saturated heterocycles. The van der Waals surface area contributed by atoms with Crippen molar-refractivity contribution in [3.63, 3.8) is 0 Å². The molecular formula is C24H27ClN2O3. The van der Waals surface area contributed by atoms with Crippen LogP contribution in [0.1, 0.15) is 49.3 Å². The van der Waals surface area contributed by atoms with E-state index in [4.69, 9.17) is 21.1 Å². The Morgan fingerprint density at radius 2 is 2.13 bits per heavy atom. The van der Waals surface area contributed by atoms with Crippen LogP contribution in [0.2, 0.25) is 5.02 Å². The molecule has 0 radical (unpaired) electrons. The molecule has 0 bridgehead atoms. The number of aryl methyl sites for hydroxylation is 1. The van der Waals surface area contributed by atoms with Crippen molar-refractivity contribution in [2.75, 3.05) is 19.7 Å². The predicted molar refractivity (Wildman–Crippen MR) is 115 cm³/mol. The van der Waals surface area contributed by atoms with Crippen LogP contribution in [0.3, 0.4) is 0 Å². The molecule has 3 aliphatic rings. The molecule has 5 rings (SSSR count). The zero-order valence-electron chi connectivity index (χ0n) is 17.1. The van der Waals surface area contributed by atoms with E-state index < -0.39 is 0 Å². The first-order valence-electron chi connectivity index (χ1n) is 10.9. The molecule has 2 atom stereocenters. The minimum absolute atomic E-state index is 0.0361. The van der Waals surface area contributed by atoms with Crippen LogP contribution in [0.4, 0.5) is 0 Å². The van der Waals surface area contributed by atoms with Crippen molar-refractivity contribution < 1.29 is 14.3 Å². The van der Waals surface area contributed by atoms with E-state index in [1.54, 1.807) is 6.20 Å². The van der Waals surface area contributed by atoms with Crippen molar-refractivity contribution in [2.24, 2.45) is 5.92 Å². The SMILES string of the molecule is O=C(CCc1cccnc1)N1CCC2(CC1)Oc1ccc(Cl)cc1[C@H]1OCCC[C@@H]12. The summed E-state index contributed by atoms with van der Waals surface area (Å²) < 4.78 is 12.9. The van der Waals surface area contributed by atoms with Gasteiger partial charge in [-0.1, -0.05) is 17.7 Å². The van der Waals surface area contributed by atoms with Gasteiger partial charge in [0.2, 0.25) is 5.91 Å². The number of aromatic nitrogens is 1. The largest absolute Gasteiger partial charge is 0.486 e. The molecule has 0 aliphatic carbocycles. The number of ether oxygens (including phenoxy) is 2. The molecule has 6 heteroatoms. The highest BCUT2D eigenvalue weighted by Crippen LogP contribution is 2.53. The number of halogens is 1. The van der Waals surface area contributed by atoms with Gasteiger partial charge in [-0.25, -0.2) is 0 Å². The summed E-state index contributed by atoms with van der Waals surface area (Å²) in [6, 6.07) is 9.78. The number of carbonyl (C=O) groups excluding carboxylic acids is 1. The van der Waals surface area contributed by atoms with Crippen LogP contribution < -0.4 is 4.74 Å². The average molecular weight is 427 g/mol. The van der Waals surface area contributed by atoms with Gasteiger partial charge in [0.15, 0.2) is 0 Å². The topological polar surface area (TPSA) is 51.7 Å². The second kappa shape index (κ2) is 8.20. The Hall–Kier alpha value is -2.11. The number of nitrogens with zero attached hydrogens (tertiary/aromatic N) is 2. The number of pyridine rings is 1. The van der Waals surface area contributed by atoms with Crippen LogP contribution >= 0.6 is 11.6 Å². The van der Waals surface area contributed by atoms with Gasteiger partial charge in [0.05, 0.1) is 6.10 Å². The molecule has 2 aromatic rings. The zero-order valence-corrected chi connectivity index (χ0v) is 17.8. The van der Waals surface area contributed by atoms with Gasteiger partial charge in [-0.15, -0.1) is 0 Å². The first-order chi connectivity index (χ1) is 14.6. The molecule has 0 unspecified atom stereocenters. The zero-order chi connectivity index (χ0) is 20.6. The van der Waals surface area contributed by atoms with Gasteiger partial charge < -0.3 is 14.4 Å². The first-order valence-corrected chi connectivity index (χ1v) is 11.3. The van der Waals surface area contributed by atoms with Crippen molar-refractivity contribution in [1.29, 1.82) is 0 Å². The minimum Gasteiger partial charge on any atom is -0.486 e. The molecule has 5 nitrogen and oxygen atoms in total. The summed E-state index contributed by atoms with van der Waals surface area (Å²) in [7, 11) is 0. The molecule has 1 aromatic heterocycles. The van der Waals surface area contributed by atoms with Gasteiger partial charge in [0.1, 0.15) is 11.4 Å². The molecule has 1 amide bonds. The molecule has 158 valence electrons. The number of rotatable bonds is 3.